The third kappa shape index (κ3) is 4.67. The van der Waals surface area contributed by atoms with Crippen LogP contribution in [0, 0.1) is 5.92 Å². The second kappa shape index (κ2) is 10.5. The van der Waals surface area contributed by atoms with Crippen LogP contribution in [0.2, 0.25) is 0 Å². The number of carbonyl (C=O) groups excluding carboxylic acids is 2. The molecule has 194 valence electrons. The molecule has 0 radical (unpaired) electrons. The number of hydrogen-bond acceptors (Lipinski definition) is 6. The average Bonchev–Trinajstić information content (AvgIpc) is 3.21. The highest BCUT2D eigenvalue weighted by atomic mass is 16.5. The highest BCUT2D eigenvalue weighted by molar-refractivity contribution is 6.10. The summed E-state index contributed by atoms with van der Waals surface area (Å²) in [6.07, 6.45) is 0.906. The predicted molar refractivity (Wildman–Crippen MR) is 145 cm³/mol. The van der Waals surface area contributed by atoms with Crippen molar-refractivity contribution in [2.75, 3.05) is 18.1 Å². The van der Waals surface area contributed by atoms with Gasteiger partial charge in [0, 0.05) is 5.69 Å². The van der Waals surface area contributed by atoms with E-state index in [4.69, 9.17) is 13.9 Å². The first-order valence-electron chi connectivity index (χ1n) is 12.8. The lowest BCUT2D eigenvalue weighted by molar-refractivity contribution is 0.0526. The maximum Gasteiger partial charge on any atom is 0.338 e. The number of esters is 1. The van der Waals surface area contributed by atoms with Crippen LogP contribution in [0.1, 0.15) is 65.3 Å². The molecule has 1 amide bonds. The lowest BCUT2D eigenvalue weighted by atomic mass is 9.98. The number of carbonyl (C=O) groups is 2. The van der Waals surface area contributed by atoms with Gasteiger partial charge in [-0.15, -0.1) is 0 Å². The number of anilines is 1. The van der Waals surface area contributed by atoms with Gasteiger partial charge in [-0.1, -0.05) is 38.1 Å². The number of para-hydroxylation sites is 1. The SMILES string of the molecule is CCOC(=O)c1ccc(N2C(=O)c3oc4ccccc4c(=O)c3C2c2cccc(OCCC(C)C)c2)cc1. The summed E-state index contributed by atoms with van der Waals surface area (Å²) in [5, 5.41) is 0.410. The summed E-state index contributed by atoms with van der Waals surface area (Å²) >= 11 is 0. The Morgan fingerprint density at radius 2 is 1.76 bits per heavy atom. The van der Waals surface area contributed by atoms with Gasteiger partial charge in [0.2, 0.25) is 5.76 Å². The van der Waals surface area contributed by atoms with E-state index in [2.05, 4.69) is 13.8 Å². The van der Waals surface area contributed by atoms with Crippen molar-refractivity contribution in [1.82, 2.24) is 0 Å². The van der Waals surface area contributed by atoms with E-state index in [1.54, 1.807) is 55.5 Å². The van der Waals surface area contributed by atoms with Crippen molar-refractivity contribution in [2.45, 2.75) is 33.2 Å². The number of ether oxygens (including phenoxy) is 2. The summed E-state index contributed by atoms with van der Waals surface area (Å²) in [7, 11) is 0. The number of nitrogens with zero attached hydrogens (tertiary/aromatic N) is 1. The second-order valence-electron chi connectivity index (χ2n) is 9.62. The van der Waals surface area contributed by atoms with E-state index in [0.29, 0.717) is 40.5 Å². The summed E-state index contributed by atoms with van der Waals surface area (Å²) in [5.74, 6) is 0.304. The molecule has 2 heterocycles. The van der Waals surface area contributed by atoms with Gasteiger partial charge >= 0.3 is 5.97 Å². The Morgan fingerprint density at radius 3 is 2.50 bits per heavy atom. The van der Waals surface area contributed by atoms with E-state index in [1.165, 1.54) is 4.90 Å². The number of rotatable bonds is 8. The Bertz CT molecular complexity index is 1550. The molecule has 1 aliphatic heterocycles. The van der Waals surface area contributed by atoms with Gasteiger partial charge in [-0.3, -0.25) is 14.5 Å². The van der Waals surface area contributed by atoms with Crippen LogP contribution < -0.4 is 15.1 Å². The number of hydrogen-bond donors (Lipinski definition) is 0. The fourth-order valence-electron chi connectivity index (χ4n) is 4.66. The lowest BCUT2D eigenvalue weighted by Gasteiger charge is -2.25. The first-order valence-corrected chi connectivity index (χ1v) is 12.8. The molecule has 0 fully saturated rings. The molecule has 1 aromatic heterocycles. The minimum absolute atomic E-state index is 0.0132. The third-order valence-corrected chi connectivity index (χ3v) is 6.57. The van der Waals surface area contributed by atoms with Crippen molar-refractivity contribution in [1.29, 1.82) is 0 Å². The summed E-state index contributed by atoms with van der Waals surface area (Å²) in [6, 6.07) is 20.2. The van der Waals surface area contributed by atoms with E-state index in [9.17, 15) is 14.4 Å². The molecule has 0 N–H and O–H groups in total. The maximum absolute atomic E-state index is 13.8. The van der Waals surface area contributed by atoms with Gasteiger partial charge in [-0.2, -0.15) is 0 Å². The highest BCUT2D eigenvalue weighted by Crippen LogP contribution is 2.42. The monoisotopic (exact) mass is 511 g/mol. The molecule has 3 aromatic carbocycles. The summed E-state index contributed by atoms with van der Waals surface area (Å²) in [4.78, 5) is 41.3. The Kier molecular flexibility index (Phi) is 7.01. The topological polar surface area (TPSA) is 86.0 Å². The Labute approximate surface area is 220 Å². The number of fused-ring (bicyclic) bond motifs is 2. The number of amides is 1. The molecular weight excluding hydrogens is 482 g/mol. The van der Waals surface area contributed by atoms with Crippen LogP contribution in [0.25, 0.3) is 11.0 Å². The smallest absolute Gasteiger partial charge is 0.338 e. The van der Waals surface area contributed by atoms with E-state index >= 15 is 0 Å². The highest BCUT2D eigenvalue weighted by Gasteiger charge is 2.43. The van der Waals surface area contributed by atoms with Crippen molar-refractivity contribution >= 4 is 28.5 Å². The van der Waals surface area contributed by atoms with E-state index in [1.807, 2.05) is 24.3 Å². The van der Waals surface area contributed by atoms with Gasteiger partial charge in [0.1, 0.15) is 11.3 Å². The van der Waals surface area contributed by atoms with Gasteiger partial charge in [-0.25, -0.2) is 4.79 Å². The van der Waals surface area contributed by atoms with Crippen LogP contribution in [0.15, 0.2) is 82.0 Å². The molecular formula is C31H29NO6. The van der Waals surface area contributed by atoms with Crippen LogP contribution in [-0.2, 0) is 4.74 Å². The predicted octanol–water partition coefficient (Wildman–Crippen LogP) is 6.14. The van der Waals surface area contributed by atoms with Crippen molar-refractivity contribution in [3.63, 3.8) is 0 Å². The Balaban J connectivity index is 1.62. The first kappa shape index (κ1) is 25.3. The van der Waals surface area contributed by atoms with E-state index in [0.717, 1.165) is 12.0 Å². The summed E-state index contributed by atoms with van der Waals surface area (Å²) in [6.45, 7) is 6.84. The molecule has 0 saturated heterocycles. The minimum atomic E-state index is -0.736. The molecule has 0 bridgehead atoms. The molecule has 1 unspecified atom stereocenters. The quantitative estimate of drug-likeness (QED) is 0.264. The zero-order valence-electron chi connectivity index (χ0n) is 21.6. The molecule has 7 nitrogen and oxygen atoms in total. The largest absolute Gasteiger partial charge is 0.494 e. The van der Waals surface area contributed by atoms with Crippen LogP contribution in [0.3, 0.4) is 0 Å². The lowest BCUT2D eigenvalue weighted by Crippen LogP contribution is -2.29. The van der Waals surface area contributed by atoms with Gasteiger partial charge in [0.15, 0.2) is 5.43 Å². The zero-order valence-corrected chi connectivity index (χ0v) is 21.6. The van der Waals surface area contributed by atoms with Crippen LogP contribution in [0.4, 0.5) is 5.69 Å². The van der Waals surface area contributed by atoms with Crippen LogP contribution in [0.5, 0.6) is 5.75 Å². The standard InChI is InChI=1S/C31H29NO6/c1-4-36-31(35)20-12-14-22(15-13-20)32-27(21-8-7-9-23(18-21)37-17-16-19(2)3)26-28(33)24-10-5-6-11-25(24)38-29(26)30(32)34/h5-15,18-19,27H,4,16-17H2,1-3H3. The van der Waals surface area contributed by atoms with Crippen molar-refractivity contribution < 1.29 is 23.5 Å². The fraction of sp³-hybridized carbons (Fsp3) is 0.258. The minimum Gasteiger partial charge on any atom is -0.494 e. The third-order valence-electron chi connectivity index (χ3n) is 6.57. The van der Waals surface area contributed by atoms with Crippen LogP contribution in [-0.4, -0.2) is 25.1 Å². The molecule has 38 heavy (non-hydrogen) atoms. The molecule has 4 aromatic rings. The van der Waals surface area contributed by atoms with Gasteiger partial charge in [0.25, 0.3) is 5.91 Å². The summed E-state index contributed by atoms with van der Waals surface area (Å²) < 4.78 is 17.1. The molecule has 0 spiro atoms. The molecule has 1 atom stereocenters. The normalized spacial score (nSPS) is 14.7. The molecule has 1 aliphatic rings. The van der Waals surface area contributed by atoms with Crippen LogP contribution >= 0.6 is 0 Å². The summed E-state index contributed by atoms with van der Waals surface area (Å²) in [5.41, 5.74) is 2.00. The maximum atomic E-state index is 13.8. The molecule has 5 rings (SSSR count). The van der Waals surface area contributed by atoms with E-state index in [-0.39, 0.29) is 23.4 Å². The first-order chi connectivity index (χ1) is 18.4. The van der Waals surface area contributed by atoms with Crippen molar-refractivity contribution in [2.24, 2.45) is 5.92 Å². The second-order valence-corrected chi connectivity index (χ2v) is 9.62. The zero-order chi connectivity index (χ0) is 26.8. The van der Waals surface area contributed by atoms with Gasteiger partial charge in [-0.05, 0) is 73.4 Å². The molecule has 7 heteroatoms. The average molecular weight is 512 g/mol. The Hall–Kier alpha value is -4.39. The Morgan fingerprint density at radius 1 is 1.00 bits per heavy atom. The molecule has 0 aliphatic carbocycles. The van der Waals surface area contributed by atoms with Crippen molar-refractivity contribution in [3.05, 3.63) is 105 Å². The van der Waals surface area contributed by atoms with Gasteiger partial charge < -0.3 is 13.9 Å². The van der Waals surface area contributed by atoms with E-state index < -0.39 is 17.9 Å². The number of benzene rings is 3. The van der Waals surface area contributed by atoms with Gasteiger partial charge in [0.05, 0.1) is 35.8 Å². The molecule has 0 saturated carbocycles. The fourth-order valence-corrected chi connectivity index (χ4v) is 4.66. The van der Waals surface area contributed by atoms with Crippen molar-refractivity contribution in [3.8, 4) is 5.75 Å².